The summed E-state index contributed by atoms with van der Waals surface area (Å²) in [6, 6.07) is 10.6. The monoisotopic (exact) mass is 345 g/mol. The molecule has 0 spiro atoms. The number of benzene rings is 1. The first-order valence-corrected chi connectivity index (χ1v) is 9.52. The predicted molar refractivity (Wildman–Crippen MR) is 99.0 cm³/mol. The normalized spacial score (nSPS) is 24.8. The van der Waals surface area contributed by atoms with Crippen molar-refractivity contribution in [2.24, 2.45) is 11.7 Å². The summed E-state index contributed by atoms with van der Waals surface area (Å²) in [6.07, 6.45) is 3.70. The fourth-order valence-electron chi connectivity index (χ4n) is 4.00. The van der Waals surface area contributed by atoms with E-state index in [0.29, 0.717) is 12.5 Å². The van der Waals surface area contributed by atoms with Crippen molar-refractivity contribution >= 4 is 5.91 Å². The molecule has 2 atom stereocenters. The molecule has 0 saturated carbocycles. The van der Waals surface area contributed by atoms with Gasteiger partial charge in [0, 0.05) is 32.7 Å². The highest BCUT2D eigenvalue weighted by molar-refractivity contribution is 5.81. The molecule has 2 saturated heterocycles. The SMILES string of the molecule is CN(Cc1ccccc1)CC1CCN(C(=O)[C@@H]2CC[C@H](CN)O2)CC1. The first kappa shape index (κ1) is 18.4. The Morgan fingerprint density at radius 3 is 2.56 bits per heavy atom. The highest BCUT2D eigenvalue weighted by Gasteiger charge is 2.34. The molecule has 3 rings (SSSR count). The Labute approximate surface area is 151 Å². The van der Waals surface area contributed by atoms with Gasteiger partial charge >= 0.3 is 0 Å². The van der Waals surface area contributed by atoms with E-state index >= 15 is 0 Å². The zero-order chi connectivity index (χ0) is 17.6. The molecule has 0 bridgehead atoms. The molecule has 2 aliphatic rings. The first-order valence-electron chi connectivity index (χ1n) is 9.52. The molecule has 1 aromatic rings. The number of likely N-dealkylation sites (tertiary alicyclic amines) is 1. The van der Waals surface area contributed by atoms with Gasteiger partial charge in [-0.25, -0.2) is 0 Å². The number of carbonyl (C=O) groups is 1. The number of piperidine rings is 1. The lowest BCUT2D eigenvalue weighted by atomic mass is 9.95. The lowest BCUT2D eigenvalue weighted by Gasteiger charge is -2.35. The van der Waals surface area contributed by atoms with Crippen LogP contribution in [0.5, 0.6) is 0 Å². The van der Waals surface area contributed by atoms with Crippen LogP contribution >= 0.6 is 0 Å². The van der Waals surface area contributed by atoms with Crippen molar-refractivity contribution in [1.29, 1.82) is 0 Å². The van der Waals surface area contributed by atoms with E-state index in [1.54, 1.807) is 0 Å². The number of rotatable bonds is 6. The van der Waals surface area contributed by atoms with E-state index in [0.717, 1.165) is 51.9 Å². The van der Waals surface area contributed by atoms with Gasteiger partial charge in [-0.3, -0.25) is 4.79 Å². The minimum Gasteiger partial charge on any atom is -0.364 e. The standard InChI is InChI=1S/C20H31N3O2/c1-22(14-16-5-3-2-4-6-16)15-17-9-11-23(12-10-17)20(24)19-8-7-18(13-21)25-19/h2-6,17-19H,7-15,21H2,1H3/t18-,19+/m1/s1. The molecular weight excluding hydrogens is 314 g/mol. The molecule has 2 aliphatic heterocycles. The second kappa shape index (κ2) is 8.79. The van der Waals surface area contributed by atoms with Crippen LogP contribution in [0.3, 0.4) is 0 Å². The minimum atomic E-state index is -0.258. The van der Waals surface area contributed by atoms with Crippen LogP contribution in [0.4, 0.5) is 0 Å². The maximum absolute atomic E-state index is 12.6. The minimum absolute atomic E-state index is 0.0677. The van der Waals surface area contributed by atoms with Gasteiger partial charge in [-0.15, -0.1) is 0 Å². The maximum atomic E-state index is 12.6. The highest BCUT2D eigenvalue weighted by atomic mass is 16.5. The molecule has 1 aromatic carbocycles. The molecule has 0 aliphatic carbocycles. The van der Waals surface area contributed by atoms with Crippen molar-refractivity contribution in [3.05, 3.63) is 35.9 Å². The average molecular weight is 345 g/mol. The van der Waals surface area contributed by atoms with E-state index in [4.69, 9.17) is 10.5 Å². The van der Waals surface area contributed by atoms with Crippen molar-refractivity contribution in [1.82, 2.24) is 9.80 Å². The molecule has 25 heavy (non-hydrogen) atoms. The van der Waals surface area contributed by atoms with Crippen molar-refractivity contribution in [3.63, 3.8) is 0 Å². The van der Waals surface area contributed by atoms with Crippen molar-refractivity contribution in [2.45, 2.75) is 44.4 Å². The van der Waals surface area contributed by atoms with E-state index in [-0.39, 0.29) is 18.1 Å². The molecule has 1 amide bonds. The molecular formula is C20H31N3O2. The summed E-state index contributed by atoms with van der Waals surface area (Å²) in [5.41, 5.74) is 6.99. The summed E-state index contributed by atoms with van der Waals surface area (Å²) >= 11 is 0. The fourth-order valence-corrected chi connectivity index (χ4v) is 4.00. The maximum Gasteiger partial charge on any atom is 0.251 e. The third-order valence-corrected chi connectivity index (χ3v) is 5.44. The summed E-state index contributed by atoms with van der Waals surface area (Å²) < 4.78 is 5.76. The third kappa shape index (κ3) is 5.03. The average Bonchev–Trinajstić information content (AvgIpc) is 3.12. The molecule has 2 fully saturated rings. The van der Waals surface area contributed by atoms with E-state index < -0.39 is 0 Å². The molecule has 2 N–H and O–H groups in total. The summed E-state index contributed by atoms with van der Waals surface area (Å²) in [4.78, 5) is 17.0. The Kier molecular flexibility index (Phi) is 6.45. The first-order chi connectivity index (χ1) is 12.2. The third-order valence-electron chi connectivity index (χ3n) is 5.44. The van der Waals surface area contributed by atoms with Gasteiger partial charge in [0.05, 0.1) is 6.10 Å². The highest BCUT2D eigenvalue weighted by Crippen LogP contribution is 2.24. The lowest BCUT2D eigenvalue weighted by molar-refractivity contribution is -0.144. The van der Waals surface area contributed by atoms with Crippen LogP contribution in [0.2, 0.25) is 0 Å². The van der Waals surface area contributed by atoms with Crippen LogP contribution < -0.4 is 5.73 Å². The number of carbonyl (C=O) groups excluding carboxylic acids is 1. The molecule has 5 heteroatoms. The Hall–Kier alpha value is -1.43. The molecule has 138 valence electrons. The van der Waals surface area contributed by atoms with Crippen molar-refractivity contribution < 1.29 is 9.53 Å². The second-order valence-corrected chi connectivity index (χ2v) is 7.51. The van der Waals surface area contributed by atoms with Crippen LogP contribution in [-0.4, -0.2) is 61.1 Å². The summed E-state index contributed by atoms with van der Waals surface area (Å²) in [7, 11) is 2.18. The Bertz CT molecular complexity index is 543. The fraction of sp³-hybridized carbons (Fsp3) is 0.650. The number of hydrogen-bond acceptors (Lipinski definition) is 4. The summed E-state index contributed by atoms with van der Waals surface area (Å²) in [5, 5.41) is 0. The Balaban J connectivity index is 1.40. The van der Waals surface area contributed by atoms with Crippen LogP contribution in [0, 0.1) is 5.92 Å². The van der Waals surface area contributed by atoms with Crippen molar-refractivity contribution in [3.8, 4) is 0 Å². The van der Waals surface area contributed by atoms with Gasteiger partial charge in [0.25, 0.3) is 5.91 Å². The van der Waals surface area contributed by atoms with Gasteiger partial charge in [-0.2, -0.15) is 0 Å². The van der Waals surface area contributed by atoms with Crippen LogP contribution in [0.1, 0.15) is 31.2 Å². The van der Waals surface area contributed by atoms with Gasteiger partial charge in [0.2, 0.25) is 0 Å². The molecule has 2 heterocycles. The van der Waals surface area contributed by atoms with Crippen molar-refractivity contribution in [2.75, 3.05) is 33.2 Å². The smallest absolute Gasteiger partial charge is 0.251 e. The molecule has 5 nitrogen and oxygen atoms in total. The number of amides is 1. The zero-order valence-corrected chi connectivity index (χ0v) is 15.3. The Morgan fingerprint density at radius 1 is 1.20 bits per heavy atom. The van der Waals surface area contributed by atoms with E-state index in [9.17, 15) is 4.79 Å². The quantitative estimate of drug-likeness (QED) is 0.855. The topological polar surface area (TPSA) is 58.8 Å². The largest absolute Gasteiger partial charge is 0.364 e. The van der Waals surface area contributed by atoms with Crippen LogP contribution in [0.15, 0.2) is 30.3 Å². The van der Waals surface area contributed by atoms with Gasteiger partial charge in [-0.1, -0.05) is 30.3 Å². The van der Waals surface area contributed by atoms with E-state index in [1.165, 1.54) is 5.56 Å². The number of nitrogens with zero attached hydrogens (tertiary/aromatic N) is 2. The van der Waals surface area contributed by atoms with E-state index in [2.05, 4.69) is 42.3 Å². The number of nitrogens with two attached hydrogens (primary N) is 1. The van der Waals surface area contributed by atoms with E-state index in [1.807, 2.05) is 4.90 Å². The molecule has 0 unspecified atom stereocenters. The van der Waals surface area contributed by atoms with Gasteiger partial charge in [-0.05, 0) is 44.2 Å². The summed E-state index contributed by atoms with van der Waals surface area (Å²) in [5.74, 6) is 0.839. The molecule has 0 aromatic heterocycles. The van der Waals surface area contributed by atoms with Gasteiger partial charge < -0.3 is 20.3 Å². The van der Waals surface area contributed by atoms with Crippen LogP contribution in [0.25, 0.3) is 0 Å². The Morgan fingerprint density at radius 2 is 1.92 bits per heavy atom. The second-order valence-electron chi connectivity index (χ2n) is 7.51. The van der Waals surface area contributed by atoms with Crippen LogP contribution in [-0.2, 0) is 16.1 Å². The van der Waals surface area contributed by atoms with Gasteiger partial charge in [0.15, 0.2) is 0 Å². The number of ether oxygens (including phenoxy) is 1. The predicted octanol–water partition coefficient (Wildman–Crippen LogP) is 1.86. The zero-order valence-electron chi connectivity index (χ0n) is 15.3. The lowest BCUT2D eigenvalue weighted by Crippen LogP contribution is -2.45. The summed E-state index contributed by atoms with van der Waals surface area (Å²) in [6.45, 7) is 4.30. The van der Waals surface area contributed by atoms with Gasteiger partial charge in [0.1, 0.15) is 6.10 Å². The molecule has 0 radical (unpaired) electrons. The number of hydrogen-bond donors (Lipinski definition) is 1.